The molecule has 4 nitrogen and oxygen atoms in total. The van der Waals surface area contributed by atoms with Crippen molar-refractivity contribution >= 4 is 11.9 Å². The zero-order valence-corrected chi connectivity index (χ0v) is 11.3. The topological polar surface area (TPSA) is 66.4 Å². The lowest BCUT2D eigenvalue weighted by Gasteiger charge is -2.22. The zero-order chi connectivity index (χ0) is 13.4. The van der Waals surface area contributed by atoms with Gasteiger partial charge in [-0.1, -0.05) is 26.7 Å². The van der Waals surface area contributed by atoms with Gasteiger partial charge in [0.15, 0.2) is 0 Å². The summed E-state index contributed by atoms with van der Waals surface area (Å²) in [5.41, 5.74) is -0.436. The first kappa shape index (κ1) is 13.4. The van der Waals surface area contributed by atoms with Gasteiger partial charge in [-0.3, -0.25) is 9.59 Å². The monoisotopic (exact) mass is 253 g/mol. The van der Waals surface area contributed by atoms with Crippen molar-refractivity contribution in [2.24, 2.45) is 16.7 Å². The van der Waals surface area contributed by atoms with E-state index in [4.69, 9.17) is 0 Å². The van der Waals surface area contributed by atoms with Crippen molar-refractivity contribution in [2.75, 3.05) is 6.54 Å². The molecule has 2 rings (SSSR count). The molecule has 4 heteroatoms. The lowest BCUT2D eigenvalue weighted by molar-refractivity contribution is -0.151. The van der Waals surface area contributed by atoms with Gasteiger partial charge in [0, 0.05) is 13.0 Å². The van der Waals surface area contributed by atoms with Crippen molar-refractivity contribution in [1.82, 2.24) is 5.32 Å². The van der Waals surface area contributed by atoms with Crippen LogP contribution in [0.4, 0.5) is 0 Å². The van der Waals surface area contributed by atoms with Gasteiger partial charge in [-0.25, -0.2) is 0 Å². The number of amides is 1. The first-order valence-electron chi connectivity index (χ1n) is 6.86. The van der Waals surface area contributed by atoms with Gasteiger partial charge < -0.3 is 10.4 Å². The highest BCUT2D eigenvalue weighted by atomic mass is 16.4. The highest BCUT2D eigenvalue weighted by Crippen LogP contribution is 2.51. The molecule has 0 bridgehead atoms. The summed E-state index contributed by atoms with van der Waals surface area (Å²) in [4.78, 5) is 23.2. The molecule has 2 aliphatic carbocycles. The number of carbonyl (C=O) groups excluding carboxylic acids is 1. The van der Waals surface area contributed by atoms with Crippen molar-refractivity contribution in [3.63, 3.8) is 0 Å². The summed E-state index contributed by atoms with van der Waals surface area (Å²) >= 11 is 0. The van der Waals surface area contributed by atoms with Crippen LogP contribution in [0.5, 0.6) is 0 Å². The molecule has 1 unspecified atom stereocenters. The van der Waals surface area contributed by atoms with E-state index in [2.05, 4.69) is 19.2 Å². The number of carboxylic acids is 1. The van der Waals surface area contributed by atoms with Crippen LogP contribution in [0.2, 0.25) is 0 Å². The molecule has 0 spiro atoms. The average Bonchev–Trinajstić information content (AvgIpc) is 2.71. The molecule has 102 valence electrons. The summed E-state index contributed by atoms with van der Waals surface area (Å²) in [6.45, 7) is 5.08. The second-order valence-electron chi connectivity index (χ2n) is 6.66. The maximum absolute atomic E-state index is 11.9. The van der Waals surface area contributed by atoms with Gasteiger partial charge in [-0.2, -0.15) is 0 Å². The smallest absolute Gasteiger partial charge is 0.310 e. The standard InChI is InChI=1S/C14H23NO3/c1-13(2)7-10(13)9-15-11(16)8-14(12(17)18)5-3-4-6-14/h10H,3-9H2,1-2H3,(H,15,16)(H,17,18). The predicted molar refractivity (Wildman–Crippen MR) is 68.1 cm³/mol. The molecule has 0 aromatic carbocycles. The number of aliphatic carboxylic acids is 1. The SMILES string of the molecule is CC1(C)CC1CNC(=O)CC1(C(=O)O)CCCC1. The van der Waals surface area contributed by atoms with Crippen molar-refractivity contribution < 1.29 is 14.7 Å². The molecule has 1 atom stereocenters. The van der Waals surface area contributed by atoms with E-state index in [1.54, 1.807) is 0 Å². The van der Waals surface area contributed by atoms with Crippen molar-refractivity contribution in [3.8, 4) is 0 Å². The van der Waals surface area contributed by atoms with Crippen LogP contribution in [0.25, 0.3) is 0 Å². The summed E-state index contributed by atoms with van der Waals surface area (Å²) in [7, 11) is 0. The fourth-order valence-corrected chi connectivity index (χ4v) is 3.05. The second kappa shape index (κ2) is 4.56. The van der Waals surface area contributed by atoms with E-state index in [-0.39, 0.29) is 12.3 Å². The molecule has 2 fully saturated rings. The molecule has 0 aliphatic heterocycles. The third-order valence-electron chi connectivity index (χ3n) is 4.78. The second-order valence-corrected chi connectivity index (χ2v) is 6.66. The van der Waals surface area contributed by atoms with E-state index in [0.717, 1.165) is 19.3 Å². The molecule has 2 N–H and O–H groups in total. The molecule has 0 aromatic heterocycles. The molecule has 0 heterocycles. The average molecular weight is 253 g/mol. The highest BCUT2D eigenvalue weighted by molar-refractivity contribution is 5.85. The molecule has 0 aromatic rings. The Morgan fingerprint density at radius 3 is 2.28 bits per heavy atom. The molecule has 0 radical (unpaired) electrons. The van der Waals surface area contributed by atoms with Crippen LogP contribution in [-0.2, 0) is 9.59 Å². The number of rotatable bonds is 5. The molecule has 2 aliphatic rings. The maximum Gasteiger partial charge on any atom is 0.310 e. The quantitative estimate of drug-likeness (QED) is 0.789. The van der Waals surface area contributed by atoms with Gasteiger partial charge in [0.1, 0.15) is 0 Å². The van der Waals surface area contributed by atoms with E-state index >= 15 is 0 Å². The number of hydrogen-bond acceptors (Lipinski definition) is 2. The van der Waals surface area contributed by atoms with E-state index in [1.165, 1.54) is 0 Å². The van der Waals surface area contributed by atoms with Gasteiger partial charge >= 0.3 is 5.97 Å². The van der Waals surface area contributed by atoms with Crippen LogP contribution < -0.4 is 5.32 Å². The normalized spacial score (nSPS) is 27.8. The van der Waals surface area contributed by atoms with Gasteiger partial charge in [0.05, 0.1) is 5.41 Å². The number of hydrogen-bond donors (Lipinski definition) is 2. The predicted octanol–water partition coefficient (Wildman–Crippen LogP) is 2.18. The van der Waals surface area contributed by atoms with Crippen molar-refractivity contribution in [1.29, 1.82) is 0 Å². The number of carboxylic acid groups (broad SMARTS) is 1. The van der Waals surface area contributed by atoms with Crippen LogP contribution in [0.15, 0.2) is 0 Å². The molecular weight excluding hydrogens is 230 g/mol. The van der Waals surface area contributed by atoms with E-state index < -0.39 is 11.4 Å². The molecule has 1 amide bonds. The first-order valence-corrected chi connectivity index (χ1v) is 6.86. The Bertz CT molecular complexity index is 356. The van der Waals surface area contributed by atoms with Crippen LogP contribution in [-0.4, -0.2) is 23.5 Å². The Kier molecular flexibility index (Phi) is 3.39. The number of carbonyl (C=O) groups is 2. The molecule has 2 saturated carbocycles. The first-order chi connectivity index (χ1) is 8.36. The van der Waals surface area contributed by atoms with E-state index in [1.807, 2.05) is 0 Å². The fraction of sp³-hybridized carbons (Fsp3) is 0.857. The lowest BCUT2D eigenvalue weighted by atomic mass is 9.82. The lowest BCUT2D eigenvalue weighted by Crippen LogP contribution is -2.36. The summed E-state index contributed by atoms with van der Waals surface area (Å²) in [5, 5.41) is 12.2. The summed E-state index contributed by atoms with van der Waals surface area (Å²) in [6, 6.07) is 0. The molecule has 18 heavy (non-hydrogen) atoms. The Balaban J connectivity index is 1.81. The molecule has 0 saturated heterocycles. The Morgan fingerprint density at radius 2 is 1.83 bits per heavy atom. The van der Waals surface area contributed by atoms with Gasteiger partial charge in [0.25, 0.3) is 0 Å². The summed E-state index contributed by atoms with van der Waals surface area (Å²) in [5.74, 6) is -0.338. The van der Waals surface area contributed by atoms with Crippen LogP contribution in [0.1, 0.15) is 52.4 Å². The van der Waals surface area contributed by atoms with Gasteiger partial charge in [-0.05, 0) is 30.6 Å². The minimum Gasteiger partial charge on any atom is -0.481 e. The van der Waals surface area contributed by atoms with Crippen LogP contribution >= 0.6 is 0 Å². The Labute approximate surface area is 108 Å². The highest BCUT2D eigenvalue weighted by Gasteiger charge is 2.46. The minimum atomic E-state index is -0.804. The van der Waals surface area contributed by atoms with Crippen molar-refractivity contribution in [3.05, 3.63) is 0 Å². The Morgan fingerprint density at radius 1 is 1.28 bits per heavy atom. The zero-order valence-electron chi connectivity index (χ0n) is 11.3. The third kappa shape index (κ3) is 2.68. The van der Waals surface area contributed by atoms with Crippen LogP contribution in [0, 0.1) is 16.7 Å². The Hall–Kier alpha value is -1.06. The number of nitrogens with one attached hydrogen (secondary N) is 1. The third-order valence-corrected chi connectivity index (χ3v) is 4.78. The minimum absolute atomic E-state index is 0.0954. The van der Waals surface area contributed by atoms with E-state index in [9.17, 15) is 14.7 Å². The molecular formula is C14H23NO3. The van der Waals surface area contributed by atoms with Crippen LogP contribution in [0.3, 0.4) is 0 Å². The fourth-order valence-electron chi connectivity index (χ4n) is 3.05. The van der Waals surface area contributed by atoms with Gasteiger partial charge in [0.2, 0.25) is 5.91 Å². The largest absolute Gasteiger partial charge is 0.481 e. The maximum atomic E-state index is 11.9. The van der Waals surface area contributed by atoms with E-state index in [0.29, 0.717) is 30.7 Å². The van der Waals surface area contributed by atoms with Gasteiger partial charge in [-0.15, -0.1) is 0 Å². The summed E-state index contributed by atoms with van der Waals surface area (Å²) < 4.78 is 0. The van der Waals surface area contributed by atoms with Crippen molar-refractivity contribution in [2.45, 2.75) is 52.4 Å². The summed E-state index contributed by atoms with van der Waals surface area (Å²) in [6.07, 6.45) is 4.44.